The third-order valence-electron chi connectivity index (χ3n) is 3.86. The first-order valence-corrected chi connectivity index (χ1v) is 7.43. The Morgan fingerprint density at radius 3 is 2.62 bits per heavy atom. The van der Waals surface area contributed by atoms with E-state index in [1.54, 1.807) is 7.05 Å². The van der Waals surface area contributed by atoms with Crippen LogP contribution in [0.2, 0.25) is 0 Å². The smallest absolute Gasteiger partial charge is 0.326 e. The average molecular weight is 293 g/mol. The first kappa shape index (κ1) is 17.5. The number of hydrogen-bond acceptors (Lipinski definition) is 4. The van der Waals surface area contributed by atoms with Gasteiger partial charge < -0.3 is 14.8 Å². The van der Waals surface area contributed by atoms with Crippen LogP contribution in [-0.2, 0) is 9.53 Å². The third-order valence-corrected chi connectivity index (χ3v) is 3.86. The molecule has 0 bridgehead atoms. The van der Waals surface area contributed by atoms with Gasteiger partial charge in [-0.25, -0.2) is 0 Å². The van der Waals surface area contributed by atoms with Gasteiger partial charge in [0.05, 0.1) is 12.7 Å². The molecule has 4 nitrogen and oxygen atoms in total. The van der Waals surface area contributed by atoms with E-state index >= 15 is 0 Å². The lowest BCUT2D eigenvalue weighted by Gasteiger charge is -2.30. The SMILES string of the molecule is CCOC(=O)C(C)(CC(C)Oc1cccc(C)c1C)NC. The van der Waals surface area contributed by atoms with Gasteiger partial charge in [-0.15, -0.1) is 0 Å². The van der Waals surface area contributed by atoms with Gasteiger partial charge in [0.15, 0.2) is 0 Å². The number of nitrogens with one attached hydrogen (secondary N) is 1. The van der Waals surface area contributed by atoms with Gasteiger partial charge in [-0.1, -0.05) is 12.1 Å². The van der Waals surface area contributed by atoms with E-state index in [-0.39, 0.29) is 12.1 Å². The second kappa shape index (κ2) is 7.46. The number of aryl methyl sites for hydroxylation is 1. The molecule has 0 amide bonds. The molecule has 0 aliphatic rings. The van der Waals surface area contributed by atoms with Crippen molar-refractivity contribution in [3.8, 4) is 5.75 Å². The Kier molecular flexibility index (Phi) is 6.21. The second-order valence-corrected chi connectivity index (χ2v) is 5.63. The van der Waals surface area contributed by atoms with E-state index in [9.17, 15) is 4.79 Å². The maximum Gasteiger partial charge on any atom is 0.326 e. The number of likely N-dealkylation sites (N-methyl/N-ethyl adjacent to an activating group) is 1. The number of benzene rings is 1. The molecular formula is C17H27NO3. The fourth-order valence-corrected chi connectivity index (χ4v) is 2.26. The Morgan fingerprint density at radius 2 is 2.05 bits per heavy atom. The summed E-state index contributed by atoms with van der Waals surface area (Å²) in [6.07, 6.45) is 0.433. The normalized spacial score (nSPS) is 15.1. The molecule has 0 aliphatic heterocycles. The van der Waals surface area contributed by atoms with Crippen molar-refractivity contribution in [1.29, 1.82) is 0 Å². The lowest BCUT2D eigenvalue weighted by atomic mass is 9.95. The molecule has 2 atom stereocenters. The molecule has 0 heterocycles. The molecule has 1 aromatic rings. The Balaban J connectivity index is 2.77. The van der Waals surface area contributed by atoms with Crippen molar-refractivity contribution in [1.82, 2.24) is 5.32 Å². The summed E-state index contributed by atoms with van der Waals surface area (Å²) < 4.78 is 11.1. The summed E-state index contributed by atoms with van der Waals surface area (Å²) in [4.78, 5) is 12.1. The fraction of sp³-hybridized carbons (Fsp3) is 0.588. The van der Waals surface area contributed by atoms with Crippen LogP contribution in [0.1, 0.15) is 38.3 Å². The van der Waals surface area contributed by atoms with E-state index in [1.165, 1.54) is 5.56 Å². The molecule has 4 heteroatoms. The van der Waals surface area contributed by atoms with Crippen LogP contribution in [0.5, 0.6) is 5.75 Å². The molecule has 0 aromatic heterocycles. The van der Waals surface area contributed by atoms with Gasteiger partial charge in [-0.05, 0) is 58.9 Å². The van der Waals surface area contributed by atoms with E-state index in [1.807, 2.05) is 39.8 Å². The topological polar surface area (TPSA) is 47.6 Å². The van der Waals surface area contributed by atoms with Crippen molar-refractivity contribution >= 4 is 5.97 Å². The van der Waals surface area contributed by atoms with Crippen LogP contribution in [-0.4, -0.2) is 31.3 Å². The van der Waals surface area contributed by atoms with E-state index < -0.39 is 5.54 Å². The lowest BCUT2D eigenvalue weighted by molar-refractivity contribution is -0.151. The third kappa shape index (κ3) is 4.46. The Hall–Kier alpha value is -1.55. The van der Waals surface area contributed by atoms with Gasteiger partial charge in [-0.2, -0.15) is 0 Å². The van der Waals surface area contributed by atoms with Crippen molar-refractivity contribution in [3.05, 3.63) is 29.3 Å². The molecule has 0 fully saturated rings. The molecule has 0 spiro atoms. The maximum absolute atomic E-state index is 12.1. The maximum atomic E-state index is 12.1. The van der Waals surface area contributed by atoms with Crippen LogP contribution in [0, 0.1) is 13.8 Å². The number of carbonyl (C=O) groups excluding carboxylic acids is 1. The minimum atomic E-state index is -0.743. The van der Waals surface area contributed by atoms with Gasteiger partial charge in [0.2, 0.25) is 0 Å². The quantitative estimate of drug-likeness (QED) is 0.785. The standard InChI is InChI=1S/C17H27NO3/c1-7-20-16(19)17(5,18-6)11-13(3)21-15-10-8-9-12(2)14(15)4/h8-10,13,18H,7,11H2,1-6H3. The van der Waals surface area contributed by atoms with Gasteiger partial charge >= 0.3 is 5.97 Å². The second-order valence-electron chi connectivity index (χ2n) is 5.63. The molecule has 0 saturated carbocycles. The summed E-state index contributed by atoms with van der Waals surface area (Å²) >= 11 is 0. The summed E-state index contributed by atoms with van der Waals surface area (Å²) in [6.45, 7) is 10.1. The number of rotatable bonds is 7. The monoisotopic (exact) mass is 293 g/mol. The van der Waals surface area contributed by atoms with Crippen molar-refractivity contribution in [2.75, 3.05) is 13.7 Å². The molecule has 0 aliphatic carbocycles. The van der Waals surface area contributed by atoms with Crippen LogP contribution in [0.4, 0.5) is 0 Å². The van der Waals surface area contributed by atoms with E-state index in [0.29, 0.717) is 13.0 Å². The molecule has 0 radical (unpaired) electrons. The molecule has 0 saturated heterocycles. The number of ether oxygens (including phenoxy) is 2. The van der Waals surface area contributed by atoms with Crippen LogP contribution in [0.25, 0.3) is 0 Å². The van der Waals surface area contributed by atoms with Crippen LogP contribution in [0.15, 0.2) is 18.2 Å². The zero-order chi connectivity index (χ0) is 16.0. The van der Waals surface area contributed by atoms with E-state index in [4.69, 9.17) is 9.47 Å². The van der Waals surface area contributed by atoms with Crippen molar-refractivity contribution < 1.29 is 14.3 Å². The summed E-state index contributed by atoms with van der Waals surface area (Å²) in [7, 11) is 1.77. The van der Waals surface area contributed by atoms with Gasteiger partial charge in [0, 0.05) is 6.42 Å². The highest BCUT2D eigenvalue weighted by Crippen LogP contribution is 2.24. The highest BCUT2D eigenvalue weighted by atomic mass is 16.5. The lowest BCUT2D eigenvalue weighted by Crippen LogP contribution is -2.51. The fourth-order valence-electron chi connectivity index (χ4n) is 2.26. The van der Waals surface area contributed by atoms with Crippen molar-refractivity contribution in [3.63, 3.8) is 0 Å². The summed E-state index contributed by atoms with van der Waals surface area (Å²) in [6, 6.07) is 6.00. The largest absolute Gasteiger partial charge is 0.490 e. The molecule has 1 N–H and O–H groups in total. The Bertz CT molecular complexity index is 487. The van der Waals surface area contributed by atoms with Crippen molar-refractivity contribution in [2.24, 2.45) is 0 Å². The highest BCUT2D eigenvalue weighted by Gasteiger charge is 2.35. The highest BCUT2D eigenvalue weighted by molar-refractivity contribution is 5.80. The number of carbonyl (C=O) groups is 1. The zero-order valence-corrected chi connectivity index (χ0v) is 13.9. The van der Waals surface area contributed by atoms with Gasteiger partial charge in [0.25, 0.3) is 0 Å². The average Bonchev–Trinajstić information content (AvgIpc) is 2.44. The van der Waals surface area contributed by atoms with E-state index in [2.05, 4.69) is 18.3 Å². The minimum Gasteiger partial charge on any atom is -0.490 e. The summed E-state index contributed by atoms with van der Waals surface area (Å²) in [5.41, 5.74) is 1.58. The molecule has 2 unspecified atom stereocenters. The van der Waals surface area contributed by atoms with Crippen LogP contribution in [0.3, 0.4) is 0 Å². The predicted molar refractivity (Wildman–Crippen MR) is 84.7 cm³/mol. The molecule has 21 heavy (non-hydrogen) atoms. The molecule has 1 aromatic carbocycles. The van der Waals surface area contributed by atoms with Crippen LogP contribution < -0.4 is 10.1 Å². The first-order chi connectivity index (χ1) is 9.84. The van der Waals surface area contributed by atoms with Gasteiger partial charge in [-0.3, -0.25) is 4.79 Å². The summed E-state index contributed by atoms with van der Waals surface area (Å²) in [5.74, 6) is 0.619. The Labute approximate surface area is 127 Å². The number of hydrogen-bond donors (Lipinski definition) is 1. The number of esters is 1. The van der Waals surface area contributed by atoms with E-state index in [0.717, 1.165) is 11.3 Å². The van der Waals surface area contributed by atoms with Gasteiger partial charge in [0.1, 0.15) is 11.3 Å². The zero-order valence-electron chi connectivity index (χ0n) is 13.9. The Morgan fingerprint density at radius 1 is 1.38 bits per heavy atom. The first-order valence-electron chi connectivity index (χ1n) is 7.43. The van der Waals surface area contributed by atoms with Crippen LogP contribution >= 0.6 is 0 Å². The summed E-state index contributed by atoms with van der Waals surface area (Å²) in [5, 5.41) is 3.05. The predicted octanol–water partition coefficient (Wildman–Crippen LogP) is 3.00. The minimum absolute atomic E-state index is 0.104. The molecule has 1 rings (SSSR count). The molecular weight excluding hydrogens is 266 g/mol. The van der Waals surface area contributed by atoms with Crippen molar-refractivity contribution in [2.45, 2.75) is 52.7 Å². The molecule has 118 valence electrons.